The maximum Gasteiger partial charge on any atom is 0.325 e. The molecule has 0 radical (unpaired) electrons. The Kier molecular flexibility index (Phi) is 5.51. The van der Waals surface area contributed by atoms with Crippen molar-refractivity contribution in [2.75, 3.05) is 6.54 Å². The average molecular weight is 378 g/mol. The molecule has 1 aliphatic carbocycles. The molecule has 2 fully saturated rings. The molecule has 26 heavy (non-hydrogen) atoms. The van der Waals surface area contributed by atoms with E-state index in [4.69, 9.17) is 11.6 Å². The number of urea groups is 1. The summed E-state index contributed by atoms with van der Waals surface area (Å²) in [5.74, 6) is -0.637. The first-order valence-electron chi connectivity index (χ1n) is 9.10. The van der Waals surface area contributed by atoms with E-state index in [1.165, 1.54) is 0 Å². The van der Waals surface area contributed by atoms with Crippen molar-refractivity contribution in [2.24, 2.45) is 0 Å². The maximum absolute atomic E-state index is 12.8. The summed E-state index contributed by atoms with van der Waals surface area (Å²) in [4.78, 5) is 38.6. The molecule has 1 saturated carbocycles. The van der Waals surface area contributed by atoms with Crippen LogP contribution in [0.3, 0.4) is 0 Å². The van der Waals surface area contributed by atoms with Crippen LogP contribution in [0, 0.1) is 0 Å². The fraction of sp³-hybridized carbons (Fsp3) is 0.526. The molecule has 1 spiro atoms. The summed E-state index contributed by atoms with van der Waals surface area (Å²) in [6, 6.07) is 6.48. The lowest BCUT2D eigenvalue weighted by Crippen LogP contribution is -2.47. The minimum absolute atomic E-state index is 0.267. The van der Waals surface area contributed by atoms with Gasteiger partial charge in [-0.2, -0.15) is 0 Å². The number of imide groups is 1. The highest BCUT2D eigenvalue weighted by molar-refractivity contribution is 6.30. The van der Waals surface area contributed by atoms with Crippen molar-refractivity contribution in [2.45, 2.75) is 57.0 Å². The van der Waals surface area contributed by atoms with Crippen molar-refractivity contribution in [3.8, 4) is 0 Å². The molecule has 7 heteroatoms. The van der Waals surface area contributed by atoms with Gasteiger partial charge in [0.25, 0.3) is 5.91 Å². The van der Waals surface area contributed by atoms with Crippen molar-refractivity contribution in [3.63, 3.8) is 0 Å². The number of carbonyl (C=O) groups is 3. The zero-order valence-corrected chi connectivity index (χ0v) is 15.6. The molecule has 1 aliphatic heterocycles. The number of rotatable bonds is 4. The third-order valence-electron chi connectivity index (χ3n) is 5.23. The molecule has 1 atom stereocenters. The van der Waals surface area contributed by atoms with Crippen molar-refractivity contribution >= 4 is 29.4 Å². The highest BCUT2D eigenvalue weighted by atomic mass is 35.5. The summed E-state index contributed by atoms with van der Waals surface area (Å²) in [6.07, 6.45) is 5.27. The predicted octanol–water partition coefficient (Wildman–Crippen LogP) is 3.16. The molecule has 6 nitrogen and oxygen atoms in total. The first kappa shape index (κ1) is 18.7. The second kappa shape index (κ2) is 7.66. The average Bonchev–Trinajstić information content (AvgIpc) is 2.77. The normalized spacial score (nSPS) is 20.6. The molecule has 2 aliphatic rings. The number of nitrogens with zero attached hydrogens (tertiary/aromatic N) is 1. The van der Waals surface area contributed by atoms with Crippen LogP contribution in [0.5, 0.6) is 0 Å². The second-order valence-corrected chi connectivity index (χ2v) is 7.60. The Morgan fingerprint density at radius 1 is 1.27 bits per heavy atom. The lowest BCUT2D eigenvalue weighted by Gasteiger charge is -2.24. The van der Waals surface area contributed by atoms with E-state index in [1.807, 2.05) is 19.1 Å². The zero-order chi connectivity index (χ0) is 18.7. The van der Waals surface area contributed by atoms with Gasteiger partial charge in [0, 0.05) is 5.02 Å². The number of amides is 4. The predicted molar refractivity (Wildman–Crippen MR) is 98.7 cm³/mol. The van der Waals surface area contributed by atoms with Gasteiger partial charge in [-0.1, -0.05) is 49.4 Å². The largest absolute Gasteiger partial charge is 0.348 e. The van der Waals surface area contributed by atoms with E-state index in [0.717, 1.165) is 36.1 Å². The summed E-state index contributed by atoms with van der Waals surface area (Å²) in [5, 5.41) is 6.26. The van der Waals surface area contributed by atoms with Crippen LogP contribution < -0.4 is 10.6 Å². The number of halogens is 1. The van der Waals surface area contributed by atoms with E-state index in [-0.39, 0.29) is 24.4 Å². The Hall–Kier alpha value is -2.08. The van der Waals surface area contributed by atoms with Crippen molar-refractivity contribution in [1.29, 1.82) is 0 Å². The summed E-state index contributed by atoms with van der Waals surface area (Å²) < 4.78 is 0. The van der Waals surface area contributed by atoms with E-state index in [9.17, 15) is 14.4 Å². The van der Waals surface area contributed by atoms with Crippen molar-refractivity contribution in [1.82, 2.24) is 15.5 Å². The molecule has 3 rings (SSSR count). The Morgan fingerprint density at radius 2 is 1.96 bits per heavy atom. The van der Waals surface area contributed by atoms with Crippen molar-refractivity contribution < 1.29 is 14.4 Å². The molecule has 1 heterocycles. The van der Waals surface area contributed by atoms with Gasteiger partial charge in [-0.15, -0.1) is 0 Å². The Morgan fingerprint density at radius 3 is 2.62 bits per heavy atom. The standard InChI is InChI=1S/C19H24ClN3O3/c1-13(14-7-6-8-15(20)11-14)21-16(24)12-23-17(25)19(22-18(23)26)9-4-2-3-5-10-19/h6-8,11,13H,2-5,9-10,12H2,1H3,(H,21,24)(H,22,26). The van der Waals surface area contributed by atoms with Crippen LogP contribution in [0.15, 0.2) is 24.3 Å². The molecule has 1 saturated heterocycles. The van der Waals surface area contributed by atoms with Crippen LogP contribution in [0.25, 0.3) is 0 Å². The monoisotopic (exact) mass is 377 g/mol. The first-order chi connectivity index (χ1) is 12.4. The van der Waals surface area contributed by atoms with Crippen LogP contribution >= 0.6 is 11.6 Å². The van der Waals surface area contributed by atoms with Crippen LogP contribution in [0.2, 0.25) is 5.02 Å². The molecule has 1 aromatic carbocycles. The number of carbonyl (C=O) groups excluding carboxylic acids is 3. The van der Waals surface area contributed by atoms with Gasteiger partial charge in [-0.05, 0) is 37.5 Å². The van der Waals surface area contributed by atoms with Crippen LogP contribution in [0.1, 0.15) is 57.1 Å². The molecular formula is C19H24ClN3O3. The Bertz CT molecular complexity index is 714. The van der Waals surface area contributed by atoms with Gasteiger partial charge in [0.15, 0.2) is 0 Å². The summed E-state index contributed by atoms with van der Waals surface area (Å²) in [6.45, 7) is 1.57. The van der Waals surface area contributed by atoms with Gasteiger partial charge in [0.05, 0.1) is 6.04 Å². The lowest BCUT2D eigenvalue weighted by atomic mass is 9.90. The van der Waals surface area contributed by atoms with E-state index >= 15 is 0 Å². The number of benzene rings is 1. The zero-order valence-electron chi connectivity index (χ0n) is 14.9. The molecule has 0 bridgehead atoms. The van der Waals surface area contributed by atoms with Gasteiger partial charge >= 0.3 is 6.03 Å². The summed E-state index contributed by atoms with van der Waals surface area (Å²) >= 11 is 5.98. The summed E-state index contributed by atoms with van der Waals surface area (Å²) in [5.41, 5.74) is 0.0511. The Balaban J connectivity index is 1.63. The first-order valence-corrected chi connectivity index (χ1v) is 9.48. The lowest BCUT2D eigenvalue weighted by molar-refractivity contribution is -0.135. The molecule has 2 N–H and O–H groups in total. The quantitative estimate of drug-likeness (QED) is 0.791. The topological polar surface area (TPSA) is 78.5 Å². The SMILES string of the molecule is CC(NC(=O)CN1C(=O)NC2(CCCCCC2)C1=O)c1cccc(Cl)c1. The fourth-order valence-electron chi connectivity index (χ4n) is 3.78. The van der Waals surface area contributed by atoms with Gasteiger partial charge in [-0.3, -0.25) is 14.5 Å². The minimum atomic E-state index is -0.813. The summed E-state index contributed by atoms with van der Waals surface area (Å²) in [7, 11) is 0. The second-order valence-electron chi connectivity index (χ2n) is 7.16. The van der Waals surface area contributed by atoms with E-state index < -0.39 is 11.6 Å². The van der Waals surface area contributed by atoms with Crippen LogP contribution in [-0.2, 0) is 9.59 Å². The third-order valence-corrected chi connectivity index (χ3v) is 5.47. The number of nitrogens with one attached hydrogen (secondary N) is 2. The van der Waals surface area contributed by atoms with Crippen molar-refractivity contribution in [3.05, 3.63) is 34.9 Å². The van der Waals surface area contributed by atoms with Gasteiger partial charge < -0.3 is 10.6 Å². The molecule has 1 aromatic rings. The molecular weight excluding hydrogens is 354 g/mol. The highest BCUT2D eigenvalue weighted by Crippen LogP contribution is 2.32. The number of hydrogen-bond donors (Lipinski definition) is 2. The maximum atomic E-state index is 12.8. The van der Waals surface area contributed by atoms with Gasteiger partial charge in [0.2, 0.25) is 5.91 Å². The number of hydrogen-bond acceptors (Lipinski definition) is 3. The Labute approximate surface area is 158 Å². The van der Waals surface area contributed by atoms with E-state index in [1.54, 1.807) is 12.1 Å². The third kappa shape index (κ3) is 3.85. The molecule has 1 unspecified atom stereocenters. The minimum Gasteiger partial charge on any atom is -0.348 e. The van der Waals surface area contributed by atoms with E-state index in [0.29, 0.717) is 17.9 Å². The molecule has 0 aromatic heterocycles. The van der Waals surface area contributed by atoms with Gasteiger partial charge in [0.1, 0.15) is 12.1 Å². The highest BCUT2D eigenvalue weighted by Gasteiger charge is 2.51. The molecule has 140 valence electrons. The smallest absolute Gasteiger partial charge is 0.325 e. The fourth-order valence-corrected chi connectivity index (χ4v) is 3.98. The van der Waals surface area contributed by atoms with Gasteiger partial charge in [-0.25, -0.2) is 4.79 Å². The van der Waals surface area contributed by atoms with E-state index in [2.05, 4.69) is 10.6 Å². The van der Waals surface area contributed by atoms with Crippen LogP contribution in [-0.4, -0.2) is 34.8 Å². The molecule has 4 amide bonds. The van der Waals surface area contributed by atoms with Crippen LogP contribution in [0.4, 0.5) is 4.79 Å².